The molecule has 74 valence electrons. The smallest absolute Gasteiger partial charge is 0.258 e. The van der Waals surface area contributed by atoms with Crippen LogP contribution in [0.25, 0.3) is 0 Å². The highest BCUT2D eigenvalue weighted by Gasteiger charge is 2.23. The minimum Gasteiger partial charge on any atom is -0.258 e. The number of nitro groups is 1. The van der Waals surface area contributed by atoms with Crippen molar-refractivity contribution >= 4 is 21.6 Å². The molecule has 4 heteroatoms. The lowest BCUT2D eigenvalue weighted by Crippen LogP contribution is -2.06. The first-order chi connectivity index (χ1) is 6.70. The molecule has 0 saturated carbocycles. The number of benzene rings is 1. The molecule has 1 aliphatic carbocycles. The van der Waals surface area contributed by atoms with Crippen molar-refractivity contribution in [2.45, 2.75) is 25.7 Å². The number of hydrogen-bond donors (Lipinski definition) is 0. The first-order valence-electron chi connectivity index (χ1n) is 4.65. The number of halogens is 1. The highest BCUT2D eigenvalue weighted by molar-refractivity contribution is 9.10. The molecule has 0 spiro atoms. The van der Waals surface area contributed by atoms with E-state index >= 15 is 0 Å². The molecule has 2 rings (SSSR count). The summed E-state index contributed by atoms with van der Waals surface area (Å²) < 4.78 is 0.600. The van der Waals surface area contributed by atoms with Gasteiger partial charge in [-0.3, -0.25) is 10.1 Å². The predicted octanol–water partition coefficient (Wildman–Crippen LogP) is 3.24. The Kier molecular flexibility index (Phi) is 2.54. The summed E-state index contributed by atoms with van der Waals surface area (Å²) >= 11 is 3.23. The zero-order valence-electron chi connectivity index (χ0n) is 7.62. The van der Waals surface area contributed by atoms with Crippen LogP contribution in [0.2, 0.25) is 0 Å². The summed E-state index contributed by atoms with van der Waals surface area (Å²) in [5, 5.41) is 10.9. The van der Waals surface area contributed by atoms with Gasteiger partial charge in [-0.25, -0.2) is 0 Å². The van der Waals surface area contributed by atoms with Crippen LogP contribution < -0.4 is 0 Å². The molecule has 0 heterocycles. The van der Waals surface area contributed by atoms with Crippen molar-refractivity contribution in [3.05, 3.63) is 37.8 Å². The third-order valence-corrected chi connectivity index (χ3v) is 3.28. The average Bonchev–Trinajstić information content (AvgIpc) is 2.17. The molecule has 0 saturated heterocycles. The lowest BCUT2D eigenvalue weighted by molar-refractivity contribution is -0.386. The lowest BCUT2D eigenvalue weighted by atomic mass is 9.90. The zero-order valence-corrected chi connectivity index (χ0v) is 9.21. The van der Waals surface area contributed by atoms with Gasteiger partial charge in [0.05, 0.1) is 9.40 Å². The molecule has 1 aromatic carbocycles. The minimum absolute atomic E-state index is 0.266. The summed E-state index contributed by atoms with van der Waals surface area (Å²) in [7, 11) is 0. The van der Waals surface area contributed by atoms with Crippen LogP contribution in [0.3, 0.4) is 0 Å². The SMILES string of the molecule is O=[N+]([O-])c1c(Br)ccc2c1CCCC2. The van der Waals surface area contributed by atoms with E-state index in [0.717, 1.165) is 36.8 Å². The molecule has 0 aromatic heterocycles. The quantitative estimate of drug-likeness (QED) is 0.571. The van der Waals surface area contributed by atoms with Gasteiger partial charge in [-0.2, -0.15) is 0 Å². The van der Waals surface area contributed by atoms with E-state index in [1.165, 1.54) is 0 Å². The largest absolute Gasteiger partial charge is 0.286 e. The van der Waals surface area contributed by atoms with Crippen molar-refractivity contribution in [2.24, 2.45) is 0 Å². The second kappa shape index (κ2) is 3.69. The van der Waals surface area contributed by atoms with E-state index in [9.17, 15) is 10.1 Å². The molecule has 0 aliphatic heterocycles. The molecule has 0 N–H and O–H groups in total. The summed E-state index contributed by atoms with van der Waals surface area (Å²) in [6, 6.07) is 3.77. The van der Waals surface area contributed by atoms with Crippen molar-refractivity contribution < 1.29 is 4.92 Å². The van der Waals surface area contributed by atoms with Crippen LogP contribution in [0.15, 0.2) is 16.6 Å². The number of rotatable bonds is 1. The van der Waals surface area contributed by atoms with E-state index in [-0.39, 0.29) is 10.6 Å². The van der Waals surface area contributed by atoms with E-state index in [2.05, 4.69) is 15.9 Å². The first-order valence-corrected chi connectivity index (χ1v) is 5.44. The van der Waals surface area contributed by atoms with E-state index in [1.54, 1.807) is 6.07 Å². The van der Waals surface area contributed by atoms with Crippen molar-refractivity contribution in [1.29, 1.82) is 0 Å². The molecule has 0 atom stereocenters. The Hall–Kier alpha value is -0.900. The van der Waals surface area contributed by atoms with Crippen LogP contribution in [0.5, 0.6) is 0 Å². The first kappa shape index (κ1) is 9.65. The summed E-state index contributed by atoms with van der Waals surface area (Å²) in [6.45, 7) is 0. The minimum atomic E-state index is -0.283. The fourth-order valence-electron chi connectivity index (χ4n) is 1.98. The van der Waals surface area contributed by atoms with Crippen LogP contribution in [0, 0.1) is 10.1 Å². The number of fused-ring (bicyclic) bond motifs is 1. The van der Waals surface area contributed by atoms with Crippen LogP contribution in [-0.4, -0.2) is 4.92 Å². The van der Waals surface area contributed by atoms with Gasteiger partial charge in [0.2, 0.25) is 0 Å². The third kappa shape index (κ3) is 1.54. The maximum Gasteiger partial charge on any atom is 0.286 e. The second-order valence-electron chi connectivity index (χ2n) is 3.50. The van der Waals surface area contributed by atoms with E-state index in [4.69, 9.17) is 0 Å². The number of nitrogens with zero attached hydrogens (tertiary/aromatic N) is 1. The number of nitro benzene ring substituents is 1. The van der Waals surface area contributed by atoms with Crippen LogP contribution in [0.4, 0.5) is 5.69 Å². The molecule has 0 radical (unpaired) electrons. The molecule has 0 unspecified atom stereocenters. The van der Waals surface area contributed by atoms with Gasteiger partial charge in [-0.15, -0.1) is 0 Å². The molecule has 0 fully saturated rings. The van der Waals surface area contributed by atoms with Gasteiger partial charge >= 0.3 is 0 Å². The van der Waals surface area contributed by atoms with Gasteiger partial charge in [-0.1, -0.05) is 6.07 Å². The summed E-state index contributed by atoms with van der Waals surface area (Å²) in [5.74, 6) is 0. The monoisotopic (exact) mass is 255 g/mol. The summed E-state index contributed by atoms with van der Waals surface area (Å²) in [4.78, 5) is 10.6. The van der Waals surface area contributed by atoms with E-state index < -0.39 is 0 Å². The van der Waals surface area contributed by atoms with E-state index in [0.29, 0.717) is 4.47 Å². The van der Waals surface area contributed by atoms with Crippen molar-refractivity contribution in [1.82, 2.24) is 0 Å². The van der Waals surface area contributed by atoms with Gasteiger partial charge in [0.25, 0.3) is 5.69 Å². The van der Waals surface area contributed by atoms with E-state index in [1.807, 2.05) is 6.07 Å². The highest BCUT2D eigenvalue weighted by atomic mass is 79.9. The predicted molar refractivity (Wildman–Crippen MR) is 57.4 cm³/mol. The summed E-state index contributed by atoms with van der Waals surface area (Å²) in [5.41, 5.74) is 2.34. The van der Waals surface area contributed by atoms with Crippen LogP contribution in [0.1, 0.15) is 24.0 Å². The Morgan fingerprint density at radius 1 is 1.29 bits per heavy atom. The highest BCUT2D eigenvalue weighted by Crippen LogP contribution is 2.35. The van der Waals surface area contributed by atoms with Gasteiger partial charge in [0.15, 0.2) is 0 Å². The van der Waals surface area contributed by atoms with Crippen LogP contribution >= 0.6 is 15.9 Å². The van der Waals surface area contributed by atoms with Gasteiger partial charge < -0.3 is 0 Å². The van der Waals surface area contributed by atoms with Crippen molar-refractivity contribution in [2.75, 3.05) is 0 Å². The summed E-state index contributed by atoms with van der Waals surface area (Å²) in [6.07, 6.45) is 4.02. The lowest BCUT2D eigenvalue weighted by Gasteiger charge is -2.15. The molecule has 1 aliphatic rings. The zero-order chi connectivity index (χ0) is 10.1. The number of aryl methyl sites for hydroxylation is 1. The Labute approximate surface area is 90.4 Å². The Balaban J connectivity index is 2.60. The number of hydrogen-bond acceptors (Lipinski definition) is 2. The van der Waals surface area contributed by atoms with Crippen molar-refractivity contribution in [3.63, 3.8) is 0 Å². The molecule has 1 aromatic rings. The van der Waals surface area contributed by atoms with Gasteiger partial charge in [0.1, 0.15) is 0 Å². The fourth-order valence-corrected chi connectivity index (χ4v) is 2.49. The molecule has 0 amide bonds. The fraction of sp³-hybridized carbons (Fsp3) is 0.400. The molecule has 3 nitrogen and oxygen atoms in total. The maximum absolute atomic E-state index is 10.9. The molecule has 0 bridgehead atoms. The Bertz CT molecular complexity index is 390. The molecule has 14 heavy (non-hydrogen) atoms. The standard InChI is InChI=1S/C10H10BrNO2/c11-9-6-5-7-3-1-2-4-8(7)10(9)12(13)14/h5-6H,1-4H2. The van der Waals surface area contributed by atoms with Crippen LogP contribution in [-0.2, 0) is 12.8 Å². The van der Waals surface area contributed by atoms with Crippen molar-refractivity contribution in [3.8, 4) is 0 Å². The van der Waals surface area contributed by atoms with Gasteiger partial charge in [0, 0.05) is 5.56 Å². The molecular weight excluding hydrogens is 246 g/mol. The average molecular weight is 256 g/mol. The normalized spacial score (nSPS) is 14.9. The van der Waals surface area contributed by atoms with Gasteiger partial charge in [-0.05, 0) is 53.2 Å². The topological polar surface area (TPSA) is 43.1 Å². The Morgan fingerprint density at radius 2 is 2.00 bits per heavy atom. The third-order valence-electron chi connectivity index (χ3n) is 2.64. The second-order valence-corrected chi connectivity index (χ2v) is 4.35. The Morgan fingerprint density at radius 3 is 2.71 bits per heavy atom. The molecular formula is C10H10BrNO2. The maximum atomic E-state index is 10.9.